The third-order valence-electron chi connectivity index (χ3n) is 5.33. The largest absolute Gasteiger partial charge is 0.497 e. The van der Waals surface area contributed by atoms with Gasteiger partial charge < -0.3 is 24.6 Å². The minimum atomic E-state index is -0.958. The SMILES string of the molecule is COc1ccc(N2CC3(CN(Cc4ccccc4OCC(=O)O)C3)C2)cc1.O=CO. The lowest BCUT2D eigenvalue weighted by Crippen LogP contribution is -2.71. The molecule has 0 unspecified atom stereocenters. The summed E-state index contributed by atoms with van der Waals surface area (Å²) >= 11 is 0. The highest BCUT2D eigenvalue weighted by Gasteiger charge is 2.51. The summed E-state index contributed by atoms with van der Waals surface area (Å²) in [5.41, 5.74) is 2.67. The van der Waals surface area contributed by atoms with Crippen LogP contribution in [-0.2, 0) is 16.1 Å². The van der Waals surface area contributed by atoms with E-state index in [0.29, 0.717) is 11.2 Å². The zero-order valence-corrected chi connectivity index (χ0v) is 16.9. The van der Waals surface area contributed by atoms with Crippen LogP contribution in [0.1, 0.15) is 5.56 Å². The fourth-order valence-corrected chi connectivity index (χ4v) is 4.11. The second kappa shape index (κ2) is 9.49. The Morgan fingerprint density at radius 2 is 1.73 bits per heavy atom. The van der Waals surface area contributed by atoms with Crippen LogP contribution in [-0.4, -0.2) is 67.5 Å². The van der Waals surface area contributed by atoms with Gasteiger partial charge in [-0.1, -0.05) is 18.2 Å². The van der Waals surface area contributed by atoms with Crippen molar-refractivity contribution in [3.8, 4) is 11.5 Å². The zero-order chi connectivity index (χ0) is 21.6. The monoisotopic (exact) mass is 414 g/mol. The second-order valence-electron chi connectivity index (χ2n) is 7.59. The first-order valence-corrected chi connectivity index (χ1v) is 9.60. The van der Waals surface area contributed by atoms with Crippen LogP contribution >= 0.6 is 0 Å². The Balaban J connectivity index is 0.000000806. The fourth-order valence-electron chi connectivity index (χ4n) is 4.11. The van der Waals surface area contributed by atoms with Crippen LogP contribution in [0, 0.1) is 5.41 Å². The molecular formula is C22H26N2O6. The highest BCUT2D eigenvalue weighted by molar-refractivity contribution is 5.68. The van der Waals surface area contributed by atoms with E-state index in [-0.39, 0.29) is 13.1 Å². The van der Waals surface area contributed by atoms with Crippen molar-refractivity contribution in [1.82, 2.24) is 4.90 Å². The van der Waals surface area contributed by atoms with Gasteiger partial charge >= 0.3 is 5.97 Å². The summed E-state index contributed by atoms with van der Waals surface area (Å²) in [6.45, 7) is 4.51. The Hall–Kier alpha value is -3.26. The molecule has 160 valence electrons. The molecule has 0 bridgehead atoms. The lowest BCUT2D eigenvalue weighted by atomic mass is 9.72. The Labute approximate surface area is 175 Å². The number of methoxy groups -OCH3 is 1. The first-order chi connectivity index (χ1) is 14.5. The van der Waals surface area contributed by atoms with Crippen molar-refractivity contribution >= 4 is 18.1 Å². The normalized spacial score (nSPS) is 16.5. The average molecular weight is 414 g/mol. The van der Waals surface area contributed by atoms with Crippen molar-refractivity contribution in [2.45, 2.75) is 6.54 Å². The molecule has 2 aromatic carbocycles. The van der Waals surface area contributed by atoms with Gasteiger partial charge in [0.1, 0.15) is 11.5 Å². The molecule has 30 heavy (non-hydrogen) atoms. The van der Waals surface area contributed by atoms with Gasteiger partial charge in [-0.2, -0.15) is 0 Å². The number of benzene rings is 2. The van der Waals surface area contributed by atoms with E-state index in [9.17, 15) is 4.79 Å². The van der Waals surface area contributed by atoms with Crippen LogP contribution in [0.15, 0.2) is 48.5 Å². The standard InChI is InChI=1S/C21H24N2O4.CH2O2/c1-26-18-8-6-17(7-9-18)23-14-21(15-23)12-22(13-21)10-16-4-2-3-5-19(16)27-11-20(24)25;2-1-3/h2-9H,10-15H2,1H3,(H,24,25);1H,(H,2,3). The number of hydrogen-bond donors (Lipinski definition) is 2. The molecule has 2 N–H and O–H groups in total. The Morgan fingerprint density at radius 1 is 1.10 bits per heavy atom. The van der Waals surface area contributed by atoms with Gasteiger partial charge in [0.25, 0.3) is 6.47 Å². The van der Waals surface area contributed by atoms with Gasteiger partial charge in [-0.3, -0.25) is 9.69 Å². The highest BCUT2D eigenvalue weighted by Crippen LogP contribution is 2.43. The molecule has 1 spiro atoms. The van der Waals surface area contributed by atoms with E-state index in [4.69, 9.17) is 24.5 Å². The summed E-state index contributed by atoms with van der Waals surface area (Å²) in [4.78, 5) is 23.9. The maximum absolute atomic E-state index is 10.7. The van der Waals surface area contributed by atoms with Gasteiger partial charge in [-0.15, -0.1) is 0 Å². The summed E-state index contributed by atoms with van der Waals surface area (Å²) in [6.07, 6.45) is 0. The number of ether oxygens (including phenoxy) is 2. The molecule has 0 atom stereocenters. The number of carboxylic acid groups (broad SMARTS) is 2. The molecule has 2 fully saturated rings. The smallest absolute Gasteiger partial charge is 0.341 e. The summed E-state index contributed by atoms with van der Waals surface area (Å²) in [6, 6.07) is 15.9. The Morgan fingerprint density at radius 3 is 2.33 bits per heavy atom. The third-order valence-corrected chi connectivity index (χ3v) is 5.33. The first-order valence-electron chi connectivity index (χ1n) is 9.60. The second-order valence-corrected chi connectivity index (χ2v) is 7.59. The van der Waals surface area contributed by atoms with Gasteiger partial charge in [0.05, 0.1) is 7.11 Å². The lowest BCUT2D eigenvalue weighted by Gasteiger charge is -2.61. The van der Waals surface area contributed by atoms with Crippen molar-refractivity contribution in [2.75, 3.05) is 44.8 Å². The van der Waals surface area contributed by atoms with Gasteiger partial charge in [0, 0.05) is 49.4 Å². The number of para-hydroxylation sites is 1. The van der Waals surface area contributed by atoms with Crippen LogP contribution in [0.4, 0.5) is 5.69 Å². The Kier molecular flexibility index (Phi) is 6.79. The van der Waals surface area contributed by atoms with Gasteiger partial charge in [-0.05, 0) is 30.3 Å². The van der Waals surface area contributed by atoms with E-state index in [1.165, 1.54) is 5.69 Å². The van der Waals surface area contributed by atoms with Crippen molar-refractivity contribution in [1.29, 1.82) is 0 Å². The molecule has 2 aliphatic heterocycles. The highest BCUT2D eigenvalue weighted by atomic mass is 16.5. The van der Waals surface area contributed by atoms with Gasteiger partial charge in [-0.25, -0.2) is 4.79 Å². The number of hydrogen-bond acceptors (Lipinski definition) is 6. The summed E-state index contributed by atoms with van der Waals surface area (Å²) in [7, 11) is 1.68. The molecule has 0 saturated carbocycles. The number of nitrogens with zero attached hydrogens (tertiary/aromatic N) is 2. The molecular weight excluding hydrogens is 388 g/mol. The molecule has 2 aromatic rings. The minimum absolute atomic E-state index is 0.250. The summed E-state index contributed by atoms with van der Waals surface area (Å²) < 4.78 is 10.6. The molecule has 2 heterocycles. The van der Waals surface area contributed by atoms with Crippen molar-refractivity contribution in [2.24, 2.45) is 5.41 Å². The van der Waals surface area contributed by atoms with E-state index < -0.39 is 5.97 Å². The lowest BCUT2D eigenvalue weighted by molar-refractivity contribution is -0.139. The van der Waals surface area contributed by atoms with E-state index in [1.807, 2.05) is 36.4 Å². The number of aliphatic carboxylic acids is 1. The van der Waals surface area contributed by atoms with Gasteiger partial charge in [0.2, 0.25) is 0 Å². The zero-order valence-electron chi connectivity index (χ0n) is 16.9. The Bertz CT molecular complexity index is 856. The number of carboxylic acids is 1. The van der Waals surface area contributed by atoms with Crippen molar-refractivity contribution in [3.05, 3.63) is 54.1 Å². The van der Waals surface area contributed by atoms with Crippen LogP contribution in [0.5, 0.6) is 11.5 Å². The van der Waals surface area contributed by atoms with E-state index >= 15 is 0 Å². The van der Waals surface area contributed by atoms with Crippen LogP contribution in [0.2, 0.25) is 0 Å². The number of carbonyl (C=O) groups is 2. The van der Waals surface area contributed by atoms with Crippen molar-refractivity contribution < 1.29 is 29.3 Å². The number of rotatable bonds is 7. The number of likely N-dealkylation sites (tertiary alicyclic amines) is 1. The van der Waals surface area contributed by atoms with E-state index in [2.05, 4.69) is 21.9 Å². The van der Waals surface area contributed by atoms with E-state index in [1.54, 1.807) is 7.11 Å². The quantitative estimate of drug-likeness (QED) is 0.665. The predicted molar refractivity (Wildman–Crippen MR) is 111 cm³/mol. The maximum atomic E-state index is 10.7. The molecule has 8 nitrogen and oxygen atoms in total. The van der Waals surface area contributed by atoms with Gasteiger partial charge in [0.15, 0.2) is 6.61 Å². The summed E-state index contributed by atoms with van der Waals surface area (Å²) in [5.74, 6) is 0.586. The fraction of sp³-hybridized carbons (Fsp3) is 0.364. The maximum Gasteiger partial charge on any atom is 0.341 e. The molecule has 0 aliphatic carbocycles. The summed E-state index contributed by atoms with van der Waals surface area (Å²) in [5, 5.41) is 15.7. The molecule has 0 radical (unpaired) electrons. The molecule has 2 saturated heterocycles. The molecule has 8 heteroatoms. The van der Waals surface area contributed by atoms with Crippen molar-refractivity contribution in [3.63, 3.8) is 0 Å². The van der Waals surface area contributed by atoms with E-state index in [0.717, 1.165) is 44.0 Å². The first kappa shape index (κ1) is 21.4. The van der Waals surface area contributed by atoms with Crippen LogP contribution in [0.25, 0.3) is 0 Å². The molecule has 0 aromatic heterocycles. The van der Waals surface area contributed by atoms with Crippen LogP contribution in [0.3, 0.4) is 0 Å². The van der Waals surface area contributed by atoms with Crippen LogP contribution < -0.4 is 14.4 Å². The molecule has 0 amide bonds. The molecule has 2 aliphatic rings. The topological polar surface area (TPSA) is 99.5 Å². The third kappa shape index (κ3) is 5.01. The predicted octanol–water partition coefficient (Wildman–Crippen LogP) is 2.18. The molecule has 4 rings (SSSR count). The minimum Gasteiger partial charge on any atom is -0.497 e. The number of anilines is 1. The average Bonchev–Trinajstić information content (AvgIpc) is 2.68.